The lowest BCUT2D eigenvalue weighted by molar-refractivity contribution is -0.139. The first-order valence-corrected chi connectivity index (χ1v) is 13.7. The van der Waals surface area contributed by atoms with Crippen LogP contribution in [0.3, 0.4) is 0 Å². The highest BCUT2D eigenvalue weighted by Crippen LogP contribution is 2.38. The van der Waals surface area contributed by atoms with Crippen molar-refractivity contribution in [2.24, 2.45) is 4.99 Å². The number of allylic oxidation sites excluding steroid dienone is 1. The third-order valence-corrected chi connectivity index (χ3v) is 7.53. The van der Waals surface area contributed by atoms with E-state index in [-0.39, 0.29) is 12.2 Å². The van der Waals surface area contributed by atoms with Crippen LogP contribution in [0.5, 0.6) is 5.75 Å². The third-order valence-electron chi connectivity index (χ3n) is 5.75. The summed E-state index contributed by atoms with van der Waals surface area (Å²) in [5.41, 5.74) is 1.15. The summed E-state index contributed by atoms with van der Waals surface area (Å²) in [7, 11) is 5.27. The second-order valence-corrected chi connectivity index (χ2v) is 10.8. The maximum atomic E-state index is 13.9. The molecule has 0 saturated carbocycles. The molecule has 0 bridgehead atoms. The van der Waals surface area contributed by atoms with Gasteiger partial charge in [0.15, 0.2) is 4.80 Å². The number of rotatable bonds is 8. The number of methoxy groups -OCH3 is 1. The molecule has 3 heterocycles. The minimum absolute atomic E-state index is 0.188. The lowest BCUT2D eigenvalue weighted by Crippen LogP contribution is -2.40. The molecule has 1 aliphatic rings. The molecule has 1 aromatic carbocycles. The Balaban J connectivity index is 2.03. The van der Waals surface area contributed by atoms with Gasteiger partial charge in [0, 0.05) is 36.8 Å². The Morgan fingerprint density at radius 2 is 2.08 bits per heavy atom. The zero-order valence-corrected chi connectivity index (χ0v) is 24.3. The van der Waals surface area contributed by atoms with Crippen LogP contribution in [0.15, 0.2) is 54.2 Å². The number of carbonyl (C=O) groups excluding carboxylic acids is 1. The lowest BCUT2D eigenvalue weighted by atomic mass is 9.93. The maximum Gasteiger partial charge on any atom is 0.338 e. The zero-order valence-electron chi connectivity index (χ0n) is 21.1. The summed E-state index contributed by atoms with van der Waals surface area (Å²) in [6.45, 7) is 3.94. The highest BCUT2D eigenvalue weighted by Gasteiger charge is 2.36. The van der Waals surface area contributed by atoms with Crippen molar-refractivity contribution in [2.45, 2.75) is 32.7 Å². The number of hydrogen-bond acceptors (Lipinski definition) is 8. The Kier molecular flexibility index (Phi) is 8.30. The van der Waals surface area contributed by atoms with Gasteiger partial charge in [0.2, 0.25) is 5.88 Å². The first-order valence-electron chi connectivity index (χ1n) is 11.7. The number of fused-ring (bicyclic) bond motifs is 1. The number of ether oxygens (including phenoxy) is 2. The van der Waals surface area contributed by atoms with Gasteiger partial charge in [0.25, 0.3) is 5.56 Å². The van der Waals surface area contributed by atoms with Gasteiger partial charge in [-0.3, -0.25) is 9.36 Å². The van der Waals surface area contributed by atoms with Crippen LogP contribution in [0.4, 0.5) is 5.88 Å². The third kappa shape index (κ3) is 5.28. The number of benzene rings is 1. The number of thiazole rings is 1. The van der Waals surface area contributed by atoms with Gasteiger partial charge in [-0.2, -0.15) is 0 Å². The minimum Gasteiger partial charge on any atom is -0.496 e. The number of carbonyl (C=O) groups is 1. The number of nitrogens with zero attached hydrogens (tertiary/aromatic N) is 3. The van der Waals surface area contributed by atoms with Crippen LogP contribution in [0.25, 0.3) is 6.08 Å². The fraction of sp³-hybridized carbons (Fsp3) is 0.346. The fourth-order valence-corrected chi connectivity index (χ4v) is 6.06. The lowest BCUT2D eigenvalue weighted by Gasteiger charge is -2.27. The van der Waals surface area contributed by atoms with E-state index in [1.807, 2.05) is 25.9 Å². The molecular weight excluding hydrogens is 582 g/mol. The molecule has 0 amide bonds. The van der Waals surface area contributed by atoms with E-state index in [4.69, 9.17) is 30.5 Å². The summed E-state index contributed by atoms with van der Waals surface area (Å²) in [5, 5.41) is 0.451. The van der Waals surface area contributed by atoms with Crippen LogP contribution in [-0.4, -0.2) is 38.3 Å². The summed E-state index contributed by atoms with van der Waals surface area (Å²) in [6, 6.07) is 6.11. The first-order chi connectivity index (χ1) is 17.7. The Morgan fingerprint density at radius 1 is 1.32 bits per heavy atom. The molecule has 4 rings (SSSR count). The summed E-state index contributed by atoms with van der Waals surface area (Å²) < 4.78 is 19.7. The average Bonchev–Trinajstić information content (AvgIpc) is 3.37. The molecule has 11 heteroatoms. The standard InChI is InChI=1S/C26H27BrClN3O5S/c1-6-8-18-21(25(33)35-7-2)22(16-11-14(28)9-10-19(16)34-5)31-23(32)20(37-26(31)29-18)13-15-12-17(27)24(36-15)30(3)4/h9-13,22H,6-8H2,1-5H3/b20-13+/t22-/m0/s1. The van der Waals surface area contributed by atoms with Crippen molar-refractivity contribution in [2.75, 3.05) is 32.7 Å². The van der Waals surface area contributed by atoms with Crippen molar-refractivity contribution in [3.05, 3.63) is 76.0 Å². The van der Waals surface area contributed by atoms with Crippen LogP contribution in [0.2, 0.25) is 5.02 Å². The quantitative estimate of drug-likeness (QED) is 0.346. The SMILES string of the molecule is CCCC1=C(C(=O)OCC)[C@H](c2cc(Cl)ccc2OC)n2c(s/c(=C/c3cc(Br)c(N(C)C)o3)c2=O)=N1. The maximum absolute atomic E-state index is 13.9. The van der Waals surface area contributed by atoms with Gasteiger partial charge in [0.05, 0.1) is 34.0 Å². The van der Waals surface area contributed by atoms with Gasteiger partial charge in [-0.15, -0.1) is 0 Å². The molecule has 0 spiro atoms. The summed E-state index contributed by atoms with van der Waals surface area (Å²) in [5.74, 6) is 1.11. The normalized spacial score (nSPS) is 15.4. The van der Waals surface area contributed by atoms with Crippen molar-refractivity contribution in [3.8, 4) is 5.75 Å². The molecule has 0 fully saturated rings. The minimum atomic E-state index is -0.826. The van der Waals surface area contributed by atoms with Gasteiger partial charge in [0.1, 0.15) is 17.6 Å². The predicted molar refractivity (Wildman–Crippen MR) is 148 cm³/mol. The molecule has 3 aromatic rings. The molecule has 0 N–H and O–H groups in total. The highest BCUT2D eigenvalue weighted by molar-refractivity contribution is 9.10. The van der Waals surface area contributed by atoms with Gasteiger partial charge in [-0.1, -0.05) is 36.3 Å². The van der Waals surface area contributed by atoms with E-state index in [1.165, 1.54) is 23.0 Å². The van der Waals surface area contributed by atoms with Crippen molar-refractivity contribution in [1.29, 1.82) is 0 Å². The van der Waals surface area contributed by atoms with Gasteiger partial charge < -0.3 is 18.8 Å². The van der Waals surface area contributed by atoms with Crippen LogP contribution in [0.1, 0.15) is 44.1 Å². The Bertz CT molecular complexity index is 1550. The topological polar surface area (TPSA) is 86.3 Å². The molecule has 8 nitrogen and oxygen atoms in total. The number of esters is 1. The summed E-state index contributed by atoms with van der Waals surface area (Å²) >= 11 is 11.1. The number of aromatic nitrogens is 1. The largest absolute Gasteiger partial charge is 0.496 e. The van der Waals surface area contributed by atoms with E-state index < -0.39 is 12.0 Å². The van der Waals surface area contributed by atoms with Gasteiger partial charge in [-0.25, -0.2) is 9.79 Å². The Morgan fingerprint density at radius 3 is 2.70 bits per heavy atom. The molecule has 0 radical (unpaired) electrons. The van der Waals surface area contributed by atoms with E-state index in [2.05, 4.69) is 15.9 Å². The number of anilines is 1. The molecular formula is C26H27BrClN3O5S. The average molecular weight is 609 g/mol. The van der Waals surface area contributed by atoms with Crippen molar-refractivity contribution in [3.63, 3.8) is 0 Å². The van der Waals surface area contributed by atoms with Crippen LogP contribution in [0, 0.1) is 0 Å². The second kappa shape index (κ2) is 11.3. The van der Waals surface area contributed by atoms with E-state index in [9.17, 15) is 9.59 Å². The number of halogens is 2. The predicted octanol–water partition coefficient (Wildman–Crippen LogP) is 4.66. The molecule has 37 heavy (non-hydrogen) atoms. The molecule has 196 valence electrons. The van der Waals surface area contributed by atoms with Gasteiger partial charge in [-0.05, 0) is 47.5 Å². The molecule has 1 atom stereocenters. The molecule has 1 aliphatic heterocycles. The monoisotopic (exact) mass is 607 g/mol. The number of furan rings is 1. The zero-order chi connectivity index (χ0) is 26.9. The van der Waals surface area contributed by atoms with Crippen LogP contribution in [-0.2, 0) is 9.53 Å². The van der Waals surface area contributed by atoms with E-state index in [1.54, 1.807) is 37.3 Å². The van der Waals surface area contributed by atoms with Gasteiger partial charge >= 0.3 is 5.97 Å². The van der Waals surface area contributed by atoms with Crippen LogP contribution >= 0.6 is 38.9 Å². The molecule has 0 aliphatic carbocycles. The van der Waals surface area contributed by atoms with Crippen molar-refractivity contribution >= 4 is 56.8 Å². The molecule has 0 unspecified atom stereocenters. The van der Waals surface area contributed by atoms with Crippen molar-refractivity contribution in [1.82, 2.24) is 4.57 Å². The molecule has 0 saturated heterocycles. The Hall–Kier alpha value is -2.82. The second-order valence-electron chi connectivity index (χ2n) is 8.50. The van der Waals surface area contributed by atoms with Crippen LogP contribution < -0.4 is 24.5 Å². The molecule has 2 aromatic heterocycles. The van der Waals surface area contributed by atoms with Crippen molar-refractivity contribution < 1.29 is 18.7 Å². The summed E-state index contributed by atoms with van der Waals surface area (Å²) in [6.07, 6.45) is 2.97. The smallest absolute Gasteiger partial charge is 0.338 e. The van der Waals surface area contributed by atoms with E-state index in [0.29, 0.717) is 55.0 Å². The number of hydrogen-bond donors (Lipinski definition) is 0. The van der Waals surface area contributed by atoms with E-state index >= 15 is 0 Å². The summed E-state index contributed by atoms with van der Waals surface area (Å²) in [4.78, 5) is 34.3. The van der Waals surface area contributed by atoms with E-state index in [0.717, 1.165) is 10.9 Å². The highest BCUT2D eigenvalue weighted by atomic mass is 79.9. The first kappa shape index (κ1) is 27.2. The Labute approximate surface area is 231 Å². The fourth-order valence-electron chi connectivity index (χ4n) is 4.22.